The summed E-state index contributed by atoms with van der Waals surface area (Å²) in [6.07, 6.45) is -1.78. The molecule has 1 aromatic heterocycles. The summed E-state index contributed by atoms with van der Waals surface area (Å²) in [7, 11) is 0. The molecule has 0 aliphatic carbocycles. The molecule has 26 heavy (non-hydrogen) atoms. The van der Waals surface area contributed by atoms with Crippen LogP contribution < -0.4 is 15.0 Å². The minimum absolute atomic E-state index is 0.125. The summed E-state index contributed by atoms with van der Waals surface area (Å²) in [5, 5.41) is 24.2. The van der Waals surface area contributed by atoms with Crippen LogP contribution in [0, 0.1) is 11.3 Å². The summed E-state index contributed by atoms with van der Waals surface area (Å²) in [6, 6.07) is 9.79. The molecule has 7 nitrogen and oxygen atoms in total. The van der Waals surface area contributed by atoms with Crippen molar-refractivity contribution in [1.82, 2.24) is 9.78 Å². The first kappa shape index (κ1) is 18.0. The van der Waals surface area contributed by atoms with Crippen LogP contribution in [0.5, 0.6) is 11.6 Å². The Hall–Kier alpha value is -2.85. The third-order valence-electron chi connectivity index (χ3n) is 4.35. The predicted molar refractivity (Wildman–Crippen MR) is 94.1 cm³/mol. The molecule has 7 heteroatoms. The van der Waals surface area contributed by atoms with E-state index >= 15 is 0 Å². The van der Waals surface area contributed by atoms with Gasteiger partial charge in [-0.05, 0) is 45.9 Å². The average Bonchev–Trinajstić information content (AvgIpc) is 2.59. The maximum Gasteiger partial charge on any atom is 0.267 e. The van der Waals surface area contributed by atoms with Crippen LogP contribution in [0.25, 0.3) is 0 Å². The number of nitrogens with zero attached hydrogens (tertiary/aromatic N) is 3. The van der Waals surface area contributed by atoms with Gasteiger partial charge in [-0.15, -0.1) is 5.10 Å². The van der Waals surface area contributed by atoms with Gasteiger partial charge in [0.2, 0.25) is 5.88 Å². The number of nitriles is 1. The number of aliphatic hydroxyl groups excluding tert-OH is 1. The fourth-order valence-corrected chi connectivity index (χ4v) is 2.91. The second-order valence-corrected chi connectivity index (χ2v) is 7.10. The maximum atomic E-state index is 11.9. The number of aromatic nitrogens is 2. The Labute approximate surface area is 151 Å². The van der Waals surface area contributed by atoms with E-state index < -0.39 is 17.8 Å². The standard InChI is InChI=1S/C19H21N3O4/c1-11(2)22-16(23)8-7-15(21-22)25-17-13-9-12(10-20)5-6-14(13)26-19(3,4)18(17)24/h5-9,11,17-18,24H,1-4H3. The van der Waals surface area contributed by atoms with E-state index in [2.05, 4.69) is 11.2 Å². The zero-order chi connectivity index (χ0) is 19.1. The smallest absolute Gasteiger partial charge is 0.267 e. The highest BCUT2D eigenvalue weighted by molar-refractivity contribution is 5.46. The molecule has 0 spiro atoms. The fraction of sp³-hybridized carbons (Fsp3) is 0.421. The molecule has 0 radical (unpaired) electrons. The normalized spacial score (nSPS) is 20.8. The minimum Gasteiger partial charge on any atom is -0.485 e. The Morgan fingerprint density at radius 1 is 1.35 bits per heavy atom. The number of rotatable bonds is 3. The van der Waals surface area contributed by atoms with Crippen LogP contribution >= 0.6 is 0 Å². The van der Waals surface area contributed by atoms with Crippen molar-refractivity contribution in [1.29, 1.82) is 5.26 Å². The summed E-state index contributed by atoms with van der Waals surface area (Å²) in [5.41, 5.74) is -0.112. The van der Waals surface area contributed by atoms with Crippen LogP contribution in [0.1, 0.15) is 51.0 Å². The lowest BCUT2D eigenvalue weighted by Gasteiger charge is -2.41. The molecule has 0 bridgehead atoms. The van der Waals surface area contributed by atoms with E-state index in [0.717, 1.165) is 0 Å². The first-order chi connectivity index (χ1) is 12.2. The van der Waals surface area contributed by atoms with E-state index in [1.807, 2.05) is 13.8 Å². The molecule has 1 aliphatic rings. The van der Waals surface area contributed by atoms with Crippen LogP contribution in [0.2, 0.25) is 0 Å². The minimum atomic E-state index is -0.995. The predicted octanol–water partition coefficient (Wildman–Crippen LogP) is 2.35. The van der Waals surface area contributed by atoms with Crippen molar-refractivity contribution in [3.05, 3.63) is 51.8 Å². The van der Waals surface area contributed by atoms with Gasteiger partial charge in [0.1, 0.15) is 17.5 Å². The highest BCUT2D eigenvalue weighted by atomic mass is 16.5. The third kappa shape index (κ3) is 3.16. The van der Waals surface area contributed by atoms with Crippen molar-refractivity contribution in [2.24, 2.45) is 0 Å². The average molecular weight is 355 g/mol. The van der Waals surface area contributed by atoms with E-state index in [0.29, 0.717) is 16.9 Å². The molecule has 0 saturated carbocycles. The summed E-state index contributed by atoms with van der Waals surface area (Å²) in [4.78, 5) is 11.9. The SMILES string of the molecule is CC(C)n1nc(OC2c3cc(C#N)ccc3OC(C)(C)C2O)ccc1=O. The molecule has 1 aliphatic heterocycles. The van der Waals surface area contributed by atoms with Crippen LogP contribution in [0.3, 0.4) is 0 Å². The van der Waals surface area contributed by atoms with Crippen LogP contribution in [-0.2, 0) is 0 Å². The fourth-order valence-electron chi connectivity index (χ4n) is 2.91. The highest BCUT2D eigenvalue weighted by Gasteiger charge is 2.44. The molecule has 0 saturated heterocycles. The first-order valence-electron chi connectivity index (χ1n) is 8.40. The molecular weight excluding hydrogens is 334 g/mol. The molecule has 2 atom stereocenters. The van der Waals surface area contributed by atoms with E-state index in [9.17, 15) is 9.90 Å². The molecule has 2 unspecified atom stereocenters. The number of ether oxygens (including phenoxy) is 2. The van der Waals surface area contributed by atoms with E-state index in [1.54, 1.807) is 32.0 Å². The quantitative estimate of drug-likeness (QED) is 0.908. The molecule has 0 amide bonds. The first-order valence-corrected chi connectivity index (χ1v) is 8.40. The zero-order valence-electron chi connectivity index (χ0n) is 15.1. The second kappa shape index (κ2) is 6.46. The summed E-state index contributed by atoms with van der Waals surface area (Å²) < 4.78 is 13.1. The molecule has 136 valence electrons. The summed E-state index contributed by atoms with van der Waals surface area (Å²) >= 11 is 0. The van der Waals surface area contributed by atoms with Gasteiger partial charge in [-0.3, -0.25) is 4.79 Å². The van der Waals surface area contributed by atoms with E-state index in [1.165, 1.54) is 16.8 Å². The van der Waals surface area contributed by atoms with Gasteiger partial charge >= 0.3 is 0 Å². The summed E-state index contributed by atoms with van der Waals surface area (Å²) in [6.45, 7) is 7.22. The van der Waals surface area contributed by atoms with Crippen molar-refractivity contribution in [3.63, 3.8) is 0 Å². The molecule has 3 rings (SSSR count). The van der Waals surface area contributed by atoms with Crippen molar-refractivity contribution in [2.45, 2.75) is 51.5 Å². The van der Waals surface area contributed by atoms with Crippen molar-refractivity contribution >= 4 is 0 Å². The number of hydrogen-bond acceptors (Lipinski definition) is 6. The lowest BCUT2D eigenvalue weighted by Crippen LogP contribution is -2.50. The lowest BCUT2D eigenvalue weighted by atomic mass is 9.88. The van der Waals surface area contributed by atoms with Crippen LogP contribution in [0.15, 0.2) is 35.1 Å². The molecule has 2 aromatic rings. The Morgan fingerprint density at radius 2 is 2.08 bits per heavy atom. The van der Waals surface area contributed by atoms with Crippen LogP contribution in [0.4, 0.5) is 0 Å². The zero-order valence-corrected chi connectivity index (χ0v) is 15.1. The van der Waals surface area contributed by atoms with Crippen molar-refractivity contribution in [3.8, 4) is 17.7 Å². The van der Waals surface area contributed by atoms with Gasteiger partial charge in [0, 0.05) is 17.7 Å². The van der Waals surface area contributed by atoms with E-state index in [4.69, 9.17) is 14.7 Å². The van der Waals surface area contributed by atoms with Crippen molar-refractivity contribution < 1.29 is 14.6 Å². The van der Waals surface area contributed by atoms with Crippen LogP contribution in [-0.4, -0.2) is 26.6 Å². The van der Waals surface area contributed by atoms with Gasteiger partial charge in [-0.1, -0.05) is 0 Å². The monoisotopic (exact) mass is 355 g/mol. The van der Waals surface area contributed by atoms with Gasteiger partial charge in [0.05, 0.1) is 17.7 Å². The van der Waals surface area contributed by atoms with E-state index in [-0.39, 0.29) is 17.5 Å². The Kier molecular flexibility index (Phi) is 4.46. The molecule has 1 aromatic carbocycles. The third-order valence-corrected chi connectivity index (χ3v) is 4.35. The molecule has 0 fully saturated rings. The molecular formula is C19H21N3O4. The number of benzene rings is 1. The number of fused-ring (bicyclic) bond motifs is 1. The maximum absolute atomic E-state index is 11.9. The Morgan fingerprint density at radius 3 is 2.73 bits per heavy atom. The van der Waals surface area contributed by atoms with Gasteiger partial charge in [-0.25, -0.2) is 4.68 Å². The highest BCUT2D eigenvalue weighted by Crippen LogP contribution is 2.42. The van der Waals surface area contributed by atoms with Crippen molar-refractivity contribution in [2.75, 3.05) is 0 Å². The molecule has 2 heterocycles. The van der Waals surface area contributed by atoms with Gasteiger partial charge < -0.3 is 14.6 Å². The largest absolute Gasteiger partial charge is 0.485 e. The summed E-state index contributed by atoms with van der Waals surface area (Å²) in [5.74, 6) is 0.759. The van der Waals surface area contributed by atoms with Gasteiger partial charge in [0.15, 0.2) is 6.10 Å². The number of hydrogen-bond donors (Lipinski definition) is 1. The van der Waals surface area contributed by atoms with Gasteiger partial charge in [-0.2, -0.15) is 5.26 Å². The topological polar surface area (TPSA) is 97.4 Å². The Bertz CT molecular complexity index is 927. The second-order valence-electron chi connectivity index (χ2n) is 7.10. The van der Waals surface area contributed by atoms with Gasteiger partial charge in [0.25, 0.3) is 5.56 Å². The number of aliphatic hydroxyl groups is 1. The lowest BCUT2D eigenvalue weighted by molar-refractivity contribution is -0.104. The molecule has 1 N–H and O–H groups in total. The Balaban J connectivity index is 2.05.